The lowest BCUT2D eigenvalue weighted by atomic mass is 9.90. The third kappa shape index (κ3) is 3.06. The molecule has 23 heavy (non-hydrogen) atoms. The van der Waals surface area contributed by atoms with Crippen molar-refractivity contribution in [1.82, 2.24) is 19.7 Å². The van der Waals surface area contributed by atoms with E-state index in [1.54, 1.807) is 0 Å². The van der Waals surface area contributed by atoms with Gasteiger partial charge in [-0.25, -0.2) is 9.89 Å². The molecule has 1 amide bonds. The van der Waals surface area contributed by atoms with Crippen LogP contribution in [-0.4, -0.2) is 38.2 Å². The van der Waals surface area contributed by atoms with Gasteiger partial charge in [-0.2, -0.15) is 5.10 Å². The zero-order chi connectivity index (χ0) is 16.4. The average molecular weight is 314 g/mol. The summed E-state index contributed by atoms with van der Waals surface area (Å²) in [5.41, 5.74) is 2.19. The van der Waals surface area contributed by atoms with E-state index in [0.717, 1.165) is 19.4 Å². The Labute approximate surface area is 135 Å². The highest BCUT2D eigenvalue weighted by Gasteiger charge is 2.36. The van der Waals surface area contributed by atoms with E-state index in [2.05, 4.69) is 48.3 Å². The highest BCUT2D eigenvalue weighted by atomic mass is 16.2. The summed E-state index contributed by atoms with van der Waals surface area (Å²) in [6, 6.07) is 8.76. The fraction of sp³-hybridized carbons (Fsp3) is 0.471. The molecule has 1 N–H and O–H groups in total. The number of likely N-dealkylation sites (tertiary alicyclic amines) is 1. The maximum absolute atomic E-state index is 12.6. The first-order valence-corrected chi connectivity index (χ1v) is 8.06. The van der Waals surface area contributed by atoms with Crippen LogP contribution in [0.5, 0.6) is 0 Å². The van der Waals surface area contributed by atoms with Crippen LogP contribution in [0.15, 0.2) is 35.4 Å². The molecule has 3 rings (SSSR count). The van der Waals surface area contributed by atoms with Crippen molar-refractivity contribution in [2.45, 2.75) is 45.2 Å². The molecule has 1 aromatic carbocycles. The molecular weight excluding hydrogens is 292 g/mol. The molecule has 0 radical (unpaired) electrons. The van der Waals surface area contributed by atoms with E-state index >= 15 is 0 Å². The molecule has 0 unspecified atom stereocenters. The molecule has 122 valence electrons. The Balaban J connectivity index is 1.76. The van der Waals surface area contributed by atoms with Crippen LogP contribution in [0, 0.1) is 6.92 Å². The first kappa shape index (κ1) is 15.5. The summed E-state index contributed by atoms with van der Waals surface area (Å²) in [6.07, 6.45) is 3.24. The van der Waals surface area contributed by atoms with Crippen molar-refractivity contribution >= 4 is 5.91 Å². The third-order valence-electron chi connectivity index (χ3n) is 4.71. The van der Waals surface area contributed by atoms with Gasteiger partial charge in [0.2, 0.25) is 5.91 Å². The lowest BCUT2D eigenvalue weighted by Gasteiger charge is -2.27. The molecular formula is C17H22N4O2. The molecule has 0 aliphatic carbocycles. The van der Waals surface area contributed by atoms with E-state index in [0.29, 0.717) is 5.92 Å². The number of H-pyrrole nitrogens is 1. The molecule has 2 heterocycles. The molecule has 1 saturated heterocycles. The Kier molecular flexibility index (Phi) is 4.32. The van der Waals surface area contributed by atoms with Crippen molar-refractivity contribution < 1.29 is 4.79 Å². The lowest BCUT2D eigenvalue weighted by molar-refractivity contribution is -0.132. The number of amides is 1. The second kappa shape index (κ2) is 6.40. The topological polar surface area (TPSA) is 71.0 Å². The smallest absolute Gasteiger partial charge is 0.338 e. The van der Waals surface area contributed by atoms with Crippen molar-refractivity contribution in [3.05, 3.63) is 52.2 Å². The number of benzene rings is 1. The second-order valence-electron chi connectivity index (χ2n) is 6.16. The number of aryl methyl sites for hydroxylation is 1. The van der Waals surface area contributed by atoms with E-state index in [4.69, 9.17) is 0 Å². The van der Waals surface area contributed by atoms with Crippen molar-refractivity contribution in [3.8, 4) is 0 Å². The zero-order valence-corrected chi connectivity index (χ0v) is 13.5. The summed E-state index contributed by atoms with van der Waals surface area (Å²) < 4.78 is 1.31. The van der Waals surface area contributed by atoms with Gasteiger partial charge in [0.05, 0.1) is 0 Å². The number of carbonyl (C=O) groups excluding carboxylic acids is 1. The van der Waals surface area contributed by atoms with Crippen LogP contribution in [0.3, 0.4) is 0 Å². The summed E-state index contributed by atoms with van der Waals surface area (Å²) in [5.74, 6) is 0.348. The van der Waals surface area contributed by atoms with Crippen molar-refractivity contribution in [2.24, 2.45) is 0 Å². The van der Waals surface area contributed by atoms with E-state index in [9.17, 15) is 9.59 Å². The van der Waals surface area contributed by atoms with Crippen LogP contribution in [0.25, 0.3) is 0 Å². The highest BCUT2D eigenvalue weighted by Crippen LogP contribution is 2.35. The number of nitrogens with zero attached hydrogens (tertiary/aromatic N) is 3. The molecule has 0 bridgehead atoms. The van der Waals surface area contributed by atoms with Gasteiger partial charge in [0.15, 0.2) is 0 Å². The Bertz CT molecular complexity index is 732. The van der Waals surface area contributed by atoms with Gasteiger partial charge in [-0.05, 0) is 25.3 Å². The van der Waals surface area contributed by atoms with Gasteiger partial charge >= 0.3 is 5.69 Å². The van der Waals surface area contributed by atoms with Crippen LogP contribution in [-0.2, 0) is 11.3 Å². The third-order valence-corrected chi connectivity index (χ3v) is 4.71. The van der Waals surface area contributed by atoms with Crippen molar-refractivity contribution in [2.75, 3.05) is 6.54 Å². The molecule has 0 spiro atoms. The van der Waals surface area contributed by atoms with E-state index in [-0.39, 0.29) is 24.2 Å². The lowest BCUT2D eigenvalue weighted by Crippen LogP contribution is -2.40. The van der Waals surface area contributed by atoms with Crippen LogP contribution in [0.1, 0.15) is 36.8 Å². The predicted molar refractivity (Wildman–Crippen MR) is 87.2 cm³/mol. The molecule has 1 aliphatic rings. The second-order valence-corrected chi connectivity index (χ2v) is 6.16. The summed E-state index contributed by atoms with van der Waals surface area (Å²) in [5, 5.41) is 5.98. The number of aromatic nitrogens is 3. The van der Waals surface area contributed by atoms with Gasteiger partial charge in [0.25, 0.3) is 0 Å². The summed E-state index contributed by atoms with van der Waals surface area (Å²) >= 11 is 0. The molecule has 1 aromatic heterocycles. The van der Waals surface area contributed by atoms with Crippen LogP contribution >= 0.6 is 0 Å². The predicted octanol–water partition coefficient (Wildman–Crippen LogP) is 1.67. The maximum Gasteiger partial charge on any atom is 0.343 e. The van der Waals surface area contributed by atoms with Crippen LogP contribution in [0.4, 0.5) is 0 Å². The standard InChI is InChI=1S/C17H22N4O2/c1-3-15-14(13-6-4-12(2)5-7-13)8-9-21(15)16(22)10-20-11-18-19-17(20)23/h4-7,11,14-15H,3,8-10H2,1-2H3,(H,19,23)/t14-,15+/m0/s1. The molecule has 2 aromatic rings. The van der Waals surface area contributed by atoms with Crippen molar-refractivity contribution in [3.63, 3.8) is 0 Å². The molecule has 2 atom stereocenters. The minimum absolute atomic E-state index is 0.0186. The summed E-state index contributed by atoms with van der Waals surface area (Å²) in [7, 11) is 0. The Morgan fingerprint density at radius 1 is 1.35 bits per heavy atom. The van der Waals surface area contributed by atoms with Crippen LogP contribution < -0.4 is 5.69 Å². The monoisotopic (exact) mass is 314 g/mol. The number of hydrogen-bond donors (Lipinski definition) is 1. The van der Waals surface area contributed by atoms with Gasteiger partial charge < -0.3 is 4.90 Å². The normalized spacial score (nSPS) is 20.9. The number of carbonyl (C=O) groups is 1. The largest absolute Gasteiger partial charge is 0.343 e. The quantitative estimate of drug-likeness (QED) is 0.933. The molecule has 6 nitrogen and oxygen atoms in total. The molecule has 0 saturated carbocycles. The van der Waals surface area contributed by atoms with Gasteiger partial charge in [-0.15, -0.1) is 0 Å². The molecule has 1 aliphatic heterocycles. The Morgan fingerprint density at radius 2 is 2.09 bits per heavy atom. The minimum Gasteiger partial charge on any atom is -0.338 e. The van der Waals surface area contributed by atoms with E-state index in [1.807, 2.05) is 4.90 Å². The van der Waals surface area contributed by atoms with Crippen LogP contribution in [0.2, 0.25) is 0 Å². The first-order valence-electron chi connectivity index (χ1n) is 8.06. The average Bonchev–Trinajstić information content (AvgIpc) is 3.14. The fourth-order valence-electron chi connectivity index (χ4n) is 3.49. The van der Waals surface area contributed by atoms with Gasteiger partial charge in [-0.1, -0.05) is 36.8 Å². The summed E-state index contributed by atoms with van der Waals surface area (Å²) in [6.45, 7) is 4.98. The first-order chi connectivity index (χ1) is 11.1. The SMILES string of the molecule is CC[C@@H]1[C@H](c2ccc(C)cc2)CCN1C(=O)Cn1cn[nH]c1=O. The maximum atomic E-state index is 12.6. The Hall–Kier alpha value is -2.37. The number of rotatable bonds is 4. The molecule has 1 fully saturated rings. The zero-order valence-electron chi connectivity index (χ0n) is 13.5. The summed E-state index contributed by atoms with van der Waals surface area (Å²) in [4.78, 5) is 26.0. The van der Waals surface area contributed by atoms with E-state index in [1.165, 1.54) is 22.0 Å². The minimum atomic E-state index is -0.347. The number of hydrogen-bond acceptors (Lipinski definition) is 3. The molecule has 6 heteroatoms. The van der Waals surface area contributed by atoms with Crippen molar-refractivity contribution in [1.29, 1.82) is 0 Å². The Morgan fingerprint density at radius 3 is 2.70 bits per heavy atom. The number of nitrogens with one attached hydrogen (secondary N) is 1. The highest BCUT2D eigenvalue weighted by molar-refractivity contribution is 5.77. The van der Waals surface area contributed by atoms with Gasteiger partial charge in [0, 0.05) is 18.5 Å². The van der Waals surface area contributed by atoms with E-state index < -0.39 is 0 Å². The van der Waals surface area contributed by atoms with Gasteiger partial charge in [0.1, 0.15) is 12.9 Å². The van der Waals surface area contributed by atoms with Gasteiger partial charge in [-0.3, -0.25) is 9.36 Å². The number of aromatic amines is 1. The fourth-order valence-corrected chi connectivity index (χ4v) is 3.49.